The molecule has 0 saturated carbocycles. The maximum Gasteiger partial charge on any atom is 0.283 e. The van der Waals surface area contributed by atoms with Gasteiger partial charge >= 0.3 is 0 Å². The minimum absolute atomic E-state index is 0.0713. The van der Waals surface area contributed by atoms with Crippen molar-refractivity contribution < 1.29 is 14.3 Å². The zero-order valence-corrected chi connectivity index (χ0v) is 17.2. The van der Waals surface area contributed by atoms with Crippen LogP contribution >= 0.6 is 11.8 Å². The molecule has 0 fully saturated rings. The number of benzene rings is 2. The second-order valence-corrected chi connectivity index (χ2v) is 7.97. The highest BCUT2D eigenvalue weighted by Gasteiger charge is 2.25. The summed E-state index contributed by atoms with van der Waals surface area (Å²) in [6.07, 6.45) is 9.56. The lowest BCUT2D eigenvalue weighted by Gasteiger charge is -2.20. The predicted molar refractivity (Wildman–Crippen MR) is 121 cm³/mol. The molecule has 1 unspecified atom stereocenters. The van der Waals surface area contributed by atoms with Crippen LogP contribution in [0.2, 0.25) is 0 Å². The molecule has 1 aliphatic carbocycles. The molecule has 0 bridgehead atoms. The van der Waals surface area contributed by atoms with Gasteiger partial charge in [0.05, 0.1) is 23.0 Å². The number of amides is 2. The van der Waals surface area contributed by atoms with Crippen molar-refractivity contribution in [3.63, 3.8) is 0 Å². The normalized spacial score (nSPS) is 18.7. The molecule has 0 saturated heterocycles. The highest BCUT2D eigenvalue weighted by Crippen LogP contribution is 2.32. The van der Waals surface area contributed by atoms with Crippen LogP contribution in [0.5, 0.6) is 5.75 Å². The van der Waals surface area contributed by atoms with Crippen LogP contribution < -0.4 is 10.1 Å². The summed E-state index contributed by atoms with van der Waals surface area (Å²) >= 11 is 1.49. The average molecular weight is 417 g/mol. The first kappa shape index (κ1) is 19.9. The molecule has 150 valence electrons. The number of hydrogen-bond donors (Lipinski definition) is 1. The van der Waals surface area contributed by atoms with Crippen molar-refractivity contribution in [2.24, 2.45) is 4.99 Å². The molecular formula is C24H20N2O3S. The fourth-order valence-corrected chi connectivity index (χ4v) is 4.12. The zero-order valence-electron chi connectivity index (χ0n) is 16.4. The Morgan fingerprint density at radius 1 is 1.13 bits per heavy atom. The monoisotopic (exact) mass is 416 g/mol. The molecule has 0 aromatic heterocycles. The molecule has 4 rings (SSSR count). The Bertz CT molecular complexity index is 1080. The number of nitrogens with one attached hydrogen (secondary N) is 1. The number of thioether (sulfide) groups is 1. The first-order valence-corrected chi connectivity index (χ1v) is 10.4. The fraction of sp³-hybridized carbons (Fsp3) is 0.125. The van der Waals surface area contributed by atoms with Gasteiger partial charge in [0.25, 0.3) is 11.8 Å². The van der Waals surface area contributed by atoms with E-state index in [0.717, 1.165) is 22.6 Å². The van der Waals surface area contributed by atoms with Crippen molar-refractivity contribution in [2.45, 2.75) is 11.8 Å². The highest BCUT2D eigenvalue weighted by molar-refractivity contribution is 8.05. The molecule has 1 aliphatic heterocycles. The van der Waals surface area contributed by atoms with E-state index in [1.165, 1.54) is 11.8 Å². The summed E-state index contributed by atoms with van der Waals surface area (Å²) in [5.41, 5.74) is 3.19. The van der Waals surface area contributed by atoms with E-state index >= 15 is 0 Å². The number of ether oxygens (including phenoxy) is 1. The van der Waals surface area contributed by atoms with Gasteiger partial charge in [0.1, 0.15) is 5.75 Å². The maximum atomic E-state index is 12.4. The summed E-state index contributed by atoms with van der Waals surface area (Å²) in [5, 5.41) is 2.98. The van der Waals surface area contributed by atoms with E-state index in [0.29, 0.717) is 17.0 Å². The number of aliphatic imine (C=N–C) groups is 1. The van der Waals surface area contributed by atoms with Crippen molar-refractivity contribution in [2.75, 3.05) is 7.11 Å². The molecule has 5 nitrogen and oxygen atoms in total. The number of carbonyl (C=O) groups excluding carboxylic acids is 2. The van der Waals surface area contributed by atoms with Gasteiger partial charge in [-0.25, -0.2) is 4.99 Å². The van der Waals surface area contributed by atoms with Crippen molar-refractivity contribution in [3.05, 3.63) is 94.4 Å². The lowest BCUT2D eigenvalue weighted by molar-refractivity contribution is -0.113. The van der Waals surface area contributed by atoms with Crippen LogP contribution in [0, 0.1) is 0 Å². The molecule has 2 aliphatic rings. The van der Waals surface area contributed by atoms with E-state index in [1.807, 2.05) is 66.8 Å². The smallest absolute Gasteiger partial charge is 0.283 e. The molecule has 0 radical (unpaired) electrons. The molecule has 0 spiro atoms. The lowest BCUT2D eigenvalue weighted by atomic mass is 10.1. The zero-order chi connectivity index (χ0) is 20.9. The fourth-order valence-electron chi connectivity index (χ4n) is 3.08. The van der Waals surface area contributed by atoms with Crippen LogP contribution in [0.1, 0.15) is 21.5 Å². The molecule has 6 heteroatoms. The van der Waals surface area contributed by atoms with Crippen LogP contribution in [0.25, 0.3) is 6.08 Å². The Labute approximate surface area is 179 Å². The van der Waals surface area contributed by atoms with Crippen LogP contribution in [0.15, 0.2) is 82.7 Å². The van der Waals surface area contributed by atoms with Crippen LogP contribution in [0.3, 0.4) is 0 Å². The molecule has 1 N–H and O–H groups in total. The van der Waals surface area contributed by atoms with E-state index in [1.54, 1.807) is 19.2 Å². The SMILES string of the molecule is COc1ccc(CNC(=O)c2ccc(/C=C3/SC4C=CC=CC4=NC3=O)cc2)cc1. The van der Waals surface area contributed by atoms with Crippen molar-refractivity contribution in [1.82, 2.24) is 5.32 Å². The van der Waals surface area contributed by atoms with Gasteiger partial charge in [0, 0.05) is 12.1 Å². The Kier molecular flexibility index (Phi) is 5.95. The summed E-state index contributed by atoms with van der Waals surface area (Å²) < 4.78 is 5.13. The number of allylic oxidation sites excluding steroid dienone is 3. The number of carbonyl (C=O) groups is 2. The molecular weight excluding hydrogens is 396 g/mol. The van der Waals surface area contributed by atoms with Crippen molar-refractivity contribution >= 4 is 35.4 Å². The first-order chi connectivity index (χ1) is 14.6. The van der Waals surface area contributed by atoms with Gasteiger partial charge in [0.15, 0.2) is 0 Å². The van der Waals surface area contributed by atoms with Crippen LogP contribution in [-0.2, 0) is 11.3 Å². The summed E-state index contributed by atoms with van der Waals surface area (Å²) in [6, 6.07) is 14.7. The largest absolute Gasteiger partial charge is 0.497 e. The number of fused-ring (bicyclic) bond motifs is 1. The average Bonchev–Trinajstić information content (AvgIpc) is 2.79. The van der Waals surface area contributed by atoms with Gasteiger partial charge in [-0.2, -0.15) is 0 Å². The van der Waals surface area contributed by atoms with E-state index < -0.39 is 0 Å². The number of rotatable bonds is 5. The van der Waals surface area contributed by atoms with Crippen molar-refractivity contribution in [1.29, 1.82) is 0 Å². The highest BCUT2D eigenvalue weighted by atomic mass is 32.2. The summed E-state index contributed by atoms with van der Waals surface area (Å²) in [4.78, 5) is 29.5. The first-order valence-electron chi connectivity index (χ1n) is 9.50. The quantitative estimate of drug-likeness (QED) is 0.743. The Morgan fingerprint density at radius 2 is 1.90 bits per heavy atom. The second kappa shape index (κ2) is 8.97. The third-order valence-corrected chi connectivity index (χ3v) is 5.93. The van der Waals surface area contributed by atoms with Crippen molar-refractivity contribution in [3.8, 4) is 5.75 Å². The third-order valence-electron chi connectivity index (χ3n) is 4.73. The maximum absolute atomic E-state index is 12.4. The van der Waals surface area contributed by atoms with E-state index in [9.17, 15) is 9.59 Å². The lowest BCUT2D eigenvalue weighted by Crippen LogP contribution is -2.22. The Hall–Kier alpha value is -3.38. The molecule has 1 atom stereocenters. The molecule has 2 amide bonds. The van der Waals surface area contributed by atoms with Crippen LogP contribution in [0.4, 0.5) is 0 Å². The second-order valence-electron chi connectivity index (χ2n) is 6.79. The summed E-state index contributed by atoms with van der Waals surface area (Å²) in [5.74, 6) is 0.399. The Morgan fingerprint density at radius 3 is 2.63 bits per heavy atom. The number of hydrogen-bond acceptors (Lipinski definition) is 4. The minimum atomic E-state index is -0.229. The molecule has 2 aromatic carbocycles. The molecule has 1 heterocycles. The van der Waals surface area contributed by atoms with E-state index in [-0.39, 0.29) is 17.1 Å². The Balaban J connectivity index is 1.40. The standard InChI is InChI=1S/C24H20N2O3S/c1-29-19-12-8-17(9-13-19)15-25-23(27)18-10-6-16(7-11-18)14-22-24(28)26-20-4-2-3-5-21(20)30-22/h2-14,21H,15H2,1H3,(H,25,27)/b22-14+. The van der Waals surface area contributed by atoms with Gasteiger partial charge in [-0.15, -0.1) is 11.8 Å². The molecule has 30 heavy (non-hydrogen) atoms. The minimum Gasteiger partial charge on any atom is -0.497 e. The van der Waals surface area contributed by atoms with Gasteiger partial charge < -0.3 is 10.1 Å². The van der Waals surface area contributed by atoms with E-state index in [2.05, 4.69) is 10.3 Å². The van der Waals surface area contributed by atoms with Gasteiger partial charge in [0.2, 0.25) is 0 Å². The van der Waals surface area contributed by atoms with Gasteiger partial charge in [-0.1, -0.05) is 42.5 Å². The van der Waals surface area contributed by atoms with Gasteiger partial charge in [-0.3, -0.25) is 9.59 Å². The summed E-state index contributed by atoms with van der Waals surface area (Å²) in [6.45, 7) is 0.434. The van der Waals surface area contributed by atoms with Gasteiger partial charge in [-0.05, 0) is 47.5 Å². The number of nitrogens with zero attached hydrogens (tertiary/aromatic N) is 1. The number of methoxy groups -OCH3 is 1. The predicted octanol–water partition coefficient (Wildman–Crippen LogP) is 4.18. The summed E-state index contributed by atoms with van der Waals surface area (Å²) in [7, 11) is 1.62. The topological polar surface area (TPSA) is 67.8 Å². The molecule has 2 aromatic rings. The van der Waals surface area contributed by atoms with E-state index in [4.69, 9.17) is 4.74 Å². The third kappa shape index (κ3) is 4.60. The van der Waals surface area contributed by atoms with Crippen LogP contribution in [-0.4, -0.2) is 29.9 Å².